The van der Waals surface area contributed by atoms with E-state index >= 15 is 0 Å². The third kappa shape index (κ3) is 1.74. The molecule has 1 atom stereocenters. The van der Waals surface area contributed by atoms with Crippen molar-refractivity contribution in [1.82, 2.24) is 0 Å². The zero-order chi connectivity index (χ0) is 7.61. The first-order valence-corrected chi connectivity index (χ1v) is 3.17. The molecule has 2 nitrogen and oxygen atoms in total. The zero-order valence-electron chi connectivity index (χ0n) is 5.91. The van der Waals surface area contributed by atoms with E-state index in [2.05, 4.69) is 0 Å². The van der Waals surface area contributed by atoms with Gasteiger partial charge in [-0.1, -0.05) is 18.2 Å². The summed E-state index contributed by atoms with van der Waals surface area (Å²) < 4.78 is 0. The lowest BCUT2D eigenvalue weighted by Crippen LogP contribution is -2.30. The second-order valence-corrected chi connectivity index (χ2v) is 2.65. The smallest absolute Gasteiger partial charge is 0.113 e. The molecule has 0 bridgehead atoms. The molecule has 0 spiro atoms. The van der Waals surface area contributed by atoms with E-state index in [4.69, 9.17) is 10.8 Å². The lowest BCUT2D eigenvalue weighted by atomic mass is 10.0. The summed E-state index contributed by atoms with van der Waals surface area (Å²) >= 11 is 0. The Balaban J connectivity index is 2.93. The minimum absolute atomic E-state index is 0.218. The highest BCUT2D eigenvalue weighted by Gasteiger charge is 2.11. The second kappa shape index (κ2) is 2.31. The van der Waals surface area contributed by atoms with E-state index in [1.807, 2.05) is 19.1 Å². The van der Waals surface area contributed by atoms with Crippen LogP contribution >= 0.6 is 0 Å². The predicted molar refractivity (Wildman–Crippen MR) is 41.6 cm³/mol. The SMILES string of the molecule is CC1(N)C=CC=CC(O)=C1. The van der Waals surface area contributed by atoms with Crippen molar-refractivity contribution >= 4 is 0 Å². The largest absolute Gasteiger partial charge is 0.508 e. The van der Waals surface area contributed by atoms with Gasteiger partial charge in [0, 0.05) is 0 Å². The molecule has 1 aliphatic carbocycles. The van der Waals surface area contributed by atoms with Gasteiger partial charge in [-0.3, -0.25) is 0 Å². The number of aliphatic hydroxyl groups excluding tert-OH is 1. The summed E-state index contributed by atoms with van der Waals surface area (Å²) in [5, 5.41) is 9.08. The number of hydrogen-bond acceptors (Lipinski definition) is 2. The Bertz CT molecular complexity index is 211. The molecule has 0 aromatic carbocycles. The van der Waals surface area contributed by atoms with Gasteiger partial charge in [-0.05, 0) is 19.1 Å². The molecule has 3 N–H and O–H groups in total. The highest BCUT2D eigenvalue weighted by atomic mass is 16.3. The molecule has 1 aliphatic rings. The number of allylic oxidation sites excluding steroid dienone is 3. The third-order valence-electron chi connectivity index (χ3n) is 1.29. The van der Waals surface area contributed by atoms with Gasteiger partial charge in [-0.25, -0.2) is 0 Å². The molecule has 0 fully saturated rings. The first-order chi connectivity index (χ1) is 4.60. The van der Waals surface area contributed by atoms with E-state index in [1.165, 1.54) is 0 Å². The summed E-state index contributed by atoms with van der Waals surface area (Å²) in [6.07, 6.45) is 8.61. The molecular weight excluding hydrogens is 126 g/mol. The predicted octanol–water partition coefficient (Wildman–Crippen LogP) is 1.27. The maximum atomic E-state index is 9.08. The van der Waals surface area contributed by atoms with Crippen LogP contribution in [0, 0.1) is 0 Å². The Morgan fingerprint density at radius 2 is 2.20 bits per heavy atom. The number of hydrogen-bond donors (Lipinski definition) is 2. The normalized spacial score (nSPS) is 31.6. The molecule has 0 radical (unpaired) electrons. The standard InChI is InChI=1S/C8H11NO/c1-8(9)5-3-2-4-7(10)6-8/h2-6,10H,9H2,1H3. The van der Waals surface area contributed by atoms with Gasteiger partial charge in [-0.15, -0.1) is 0 Å². The van der Waals surface area contributed by atoms with Crippen LogP contribution in [0.2, 0.25) is 0 Å². The molecule has 1 rings (SSSR count). The summed E-state index contributed by atoms with van der Waals surface area (Å²) in [5.41, 5.74) is 5.18. The van der Waals surface area contributed by atoms with Gasteiger partial charge < -0.3 is 10.8 Å². The minimum Gasteiger partial charge on any atom is -0.508 e. The first kappa shape index (κ1) is 7.09. The molecule has 0 aliphatic heterocycles. The van der Waals surface area contributed by atoms with Crippen molar-refractivity contribution in [3.8, 4) is 0 Å². The summed E-state index contributed by atoms with van der Waals surface area (Å²) in [4.78, 5) is 0. The van der Waals surface area contributed by atoms with Crippen LogP contribution in [0.3, 0.4) is 0 Å². The van der Waals surface area contributed by atoms with Gasteiger partial charge in [0.15, 0.2) is 0 Å². The summed E-state index contributed by atoms with van der Waals surface area (Å²) in [6.45, 7) is 1.83. The second-order valence-electron chi connectivity index (χ2n) is 2.65. The van der Waals surface area contributed by atoms with Gasteiger partial charge in [0.05, 0.1) is 5.54 Å². The highest BCUT2D eigenvalue weighted by Crippen LogP contribution is 2.10. The topological polar surface area (TPSA) is 46.2 Å². The third-order valence-corrected chi connectivity index (χ3v) is 1.29. The highest BCUT2D eigenvalue weighted by molar-refractivity contribution is 5.29. The molecule has 0 aromatic heterocycles. The van der Waals surface area contributed by atoms with E-state index in [1.54, 1.807) is 18.2 Å². The maximum absolute atomic E-state index is 9.08. The van der Waals surface area contributed by atoms with E-state index in [0.717, 1.165) is 0 Å². The number of rotatable bonds is 0. The fraction of sp³-hybridized carbons (Fsp3) is 0.250. The van der Waals surface area contributed by atoms with Crippen LogP contribution in [-0.4, -0.2) is 10.6 Å². The average molecular weight is 137 g/mol. The molecule has 2 heteroatoms. The van der Waals surface area contributed by atoms with Crippen molar-refractivity contribution in [3.63, 3.8) is 0 Å². The van der Waals surface area contributed by atoms with Crippen LogP contribution in [-0.2, 0) is 0 Å². The monoisotopic (exact) mass is 137 g/mol. The summed E-state index contributed by atoms with van der Waals surface area (Å²) in [5.74, 6) is 0.218. The van der Waals surface area contributed by atoms with Crippen LogP contribution in [0.1, 0.15) is 6.92 Å². The molecule has 0 amide bonds. The minimum atomic E-state index is -0.520. The van der Waals surface area contributed by atoms with Gasteiger partial charge in [0.1, 0.15) is 5.76 Å². The lowest BCUT2D eigenvalue weighted by molar-refractivity contribution is 0.425. The van der Waals surface area contributed by atoms with Crippen molar-refractivity contribution in [2.75, 3.05) is 0 Å². The average Bonchev–Trinajstić information content (AvgIpc) is 1.90. The van der Waals surface area contributed by atoms with E-state index in [9.17, 15) is 0 Å². The van der Waals surface area contributed by atoms with E-state index < -0.39 is 5.54 Å². The van der Waals surface area contributed by atoms with Crippen LogP contribution < -0.4 is 5.73 Å². The molecule has 0 saturated heterocycles. The Morgan fingerprint density at radius 1 is 1.50 bits per heavy atom. The Hall–Kier alpha value is -1.02. The van der Waals surface area contributed by atoms with Crippen molar-refractivity contribution in [2.45, 2.75) is 12.5 Å². The summed E-state index contributed by atoms with van der Waals surface area (Å²) in [6, 6.07) is 0. The van der Waals surface area contributed by atoms with Gasteiger partial charge in [0.25, 0.3) is 0 Å². The van der Waals surface area contributed by atoms with Crippen LogP contribution in [0.4, 0.5) is 0 Å². The first-order valence-electron chi connectivity index (χ1n) is 3.17. The van der Waals surface area contributed by atoms with Crippen molar-refractivity contribution in [1.29, 1.82) is 0 Å². The molecule has 0 aromatic rings. The maximum Gasteiger partial charge on any atom is 0.113 e. The zero-order valence-corrected chi connectivity index (χ0v) is 5.91. The molecule has 1 unspecified atom stereocenters. The summed E-state index contributed by atoms with van der Waals surface area (Å²) in [7, 11) is 0. The molecule has 0 saturated carbocycles. The quantitative estimate of drug-likeness (QED) is 0.528. The van der Waals surface area contributed by atoms with Gasteiger partial charge >= 0.3 is 0 Å². The fourth-order valence-electron chi connectivity index (χ4n) is 0.832. The number of aliphatic hydroxyl groups is 1. The fourth-order valence-corrected chi connectivity index (χ4v) is 0.832. The van der Waals surface area contributed by atoms with Crippen molar-refractivity contribution in [2.24, 2.45) is 5.73 Å². The molecule has 0 heterocycles. The Labute approximate surface area is 60.4 Å². The van der Waals surface area contributed by atoms with Gasteiger partial charge in [0.2, 0.25) is 0 Å². The molecule has 54 valence electrons. The van der Waals surface area contributed by atoms with E-state index in [-0.39, 0.29) is 5.76 Å². The molecule has 10 heavy (non-hydrogen) atoms. The van der Waals surface area contributed by atoms with Crippen LogP contribution in [0.15, 0.2) is 36.1 Å². The van der Waals surface area contributed by atoms with Crippen LogP contribution in [0.5, 0.6) is 0 Å². The molecular formula is C8H11NO. The van der Waals surface area contributed by atoms with E-state index in [0.29, 0.717) is 0 Å². The van der Waals surface area contributed by atoms with Crippen molar-refractivity contribution < 1.29 is 5.11 Å². The lowest BCUT2D eigenvalue weighted by Gasteiger charge is -2.13. The Morgan fingerprint density at radius 3 is 2.90 bits per heavy atom. The number of nitrogens with two attached hydrogens (primary N) is 1. The Kier molecular flexibility index (Phi) is 1.64. The van der Waals surface area contributed by atoms with Crippen LogP contribution in [0.25, 0.3) is 0 Å². The van der Waals surface area contributed by atoms with Crippen molar-refractivity contribution in [3.05, 3.63) is 36.1 Å². The van der Waals surface area contributed by atoms with Gasteiger partial charge in [-0.2, -0.15) is 0 Å².